The van der Waals surface area contributed by atoms with Crippen LogP contribution in [0.5, 0.6) is 0 Å². The van der Waals surface area contributed by atoms with E-state index in [0.717, 1.165) is 67.3 Å². The first-order valence-corrected chi connectivity index (χ1v) is 22.7. The first kappa shape index (κ1) is 40.3. The van der Waals surface area contributed by atoms with Crippen molar-refractivity contribution in [2.45, 2.75) is 12.1 Å². The van der Waals surface area contributed by atoms with Crippen molar-refractivity contribution in [2.24, 2.45) is 4.99 Å². The fourth-order valence-electron chi connectivity index (χ4n) is 9.44. The smallest absolute Gasteiger partial charge is 0.135 e. The molecule has 11 rings (SSSR count). The summed E-state index contributed by atoms with van der Waals surface area (Å²) in [6, 6.07) is 90.9. The number of allylic oxidation sites excluding steroid dienone is 2. The third kappa shape index (κ3) is 8.11. The third-order valence-corrected chi connectivity index (χ3v) is 12.7. The van der Waals surface area contributed by atoms with Crippen molar-refractivity contribution in [2.75, 3.05) is 0 Å². The highest BCUT2D eigenvalue weighted by Gasteiger charge is 2.33. The number of dihydropyridines is 1. The van der Waals surface area contributed by atoms with Crippen LogP contribution in [0.3, 0.4) is 0 Å². The molecule has 2 heterocycles. The van der Waals surface area contributed by atoms with Crippen molar-refractivity contribution in [3.8, 4) is 22.3 Å². The van der Waals surface area contributed by atoms with Crippen molar-refractivity contribution in [1.82, 2.24) is 10.6 Å². The Morgan fingerprint density at radius 1 is 0.303 bits per heavy atom. The van der Waals surface area contributed by atoms with E-state index in [1.165, 1.54) is 33.4 Å². The molecule has 2 unspecified atom stereocenters. The second-order valence-corrected chi connectivity index (χ2v) is 16.7. The minimum Gasteiger partial charge on any atom is -0.373 e. The molecule has 2 N–H and O–H groups in total. The molecule has 0 aromatic heterocycles. The maximum absolute atomic E-state index is 5.32. The van der Waals surface area contributed by atoms with E-state index in [4.69, 9.17) is 4.99 Å². The number of rotatable bonds is 10. The van der Waals surface area contributed by atoms with Crippen LogP contribution in [-0.2, 0) is 0 Å². The van der Waals surface area contributed by atoms with Gasteiger partial charge in [-0.05, 0) is 78.4 Å². The Morgan fingerprint density at radius 3 is 1.30 bits per heavy atom. The summed E-state index contributed by atoms with van der Waals surface area (Å²) in [6.45, 7) is 0. The van der Waals surface area contributed by atoms with E-state index in [-0.39, 0.29) is 12.1 Å². The molecule has 2 atom stereocenters. The number of benzene rings is 9. The van der Waals surface area contributed by atoms with E-state index in [2.05, 4.69) is 271 Å². The SMILES string of the molecule is C1=C(c2ccc(-c3ccc(C4=C(c5ccccc5)C(c5ccccc5)NC(c5ccccc5)=C4c4ccccc4)cc3)cc2)N=C(c2ccccc2-c2ccccc2)NC1c1ccccc1. The number of nitrogens with zero attached hydrogens (tertiary/aromatic N) is 1. The van der Waals surface area contributed by atoms with Gasteiger partial charge in [-0.15, -0.1) is 0 Å². The van der Waals surface area contributed by atoms with Crippen LogP contribution < -0.4 is 10.6 Å². The highest BCUT2D eigenvalue weighted by atomic mass is 15.0. The maximum atomic E-state index is 5.32. The molecule has 0 fully saturated rings. The Labute approximate surface area is 387 Å². The molecule has 2 aliphatic heterocycles. The molecule has 3 nitrogen and oxygen atoms in total. The van der Waals surface area contributed by atoms with E-state index in [0.29, 0.717) is 0 Å². The van der Waals surface area contributed by atoms with Crippen molar-refractivity contribution in [3.63, 3.8) is 0 Å². The molecule has 0 radical (unpaired) electrons. The molecule has 66 heavy (non-hydrogen) atoms. The quantitative estimate of drug-likeness (QED) is 0.144. The largest absolute Gasteiger partial charge is 0.373 e. The summed E-state index contributed by atoms with van der Waals surface area (Å²) < 4.78 is 0. The zero-order valence-electron chi connectivity index (χ0n) is 36.4. The third-order valence-electron chi connectivity index (χ3n) is 12.7. The monoisotopic (exact) mass is 845 g/mol. The van der Waals surface area contributed by atoms with Gasteiger partial charge in [0.15, 0.2) is 0 Å². The van der Waals surface area contributed by atoms with E-state index in [1.807, 2.05) is 0 Å². The van der Waals surface area contributed by atoms with Gasteiger partial charge >= 0.3 is 0 Å². The lowest BCUT2D eigenvalue weighted by molar-refractivity contribution is 0.781. The maximum Gasteiger partial charge on any atom is 0.135 e. The highest BCUT2D eigenvalue weighted by Crippen LogP contribution is 2.50. The predicted molar refractivity (Wildman–Crippen MR) is 276 cm³/mol. The van der Waals surface area contributed by atoms with Crippen LogP contribution in [0.25, 0.3) is 50.4 Å². The zero-order valence-corrected chi connectivity index (χ0v) is 36.4. The minimum atomic E-state index is -0.0979. The molecule has 9 aromatic carbocycles. The predicted octanol–water partition coefficient (Wildman–Crippen LogP) is 15.0. The molecule has 0 amide bonds. The Bertz CT molecular complexity index is 3230. The summed E-state index contributed by atoms with van der Waals surface area (Å²) in [7, 11) is 0. The van der Waals surface area contributed by atoms with Crippen LogP contribution in [0.1, 0.15) is 56.6 Å². The molecule has 0 spiro atoms. The lowest BCUT2D eigenvalue weighted by Crippen LogP contribution is -2.31. The average molecular weight is 846 g/mol. The van der Waals surface area contributed by atoms with Crippen LogP contribution in [-0.4, -0.2) is 5.84 Å². The number of aliphatic imine (C=N–C) groups is 1. The van der Waals surface area contributed by atoms with Crippen molar-refractivity contribution < 1.29 is 0 Å². The van der Waals surface area contributed by atoms with Crippen LogP contribution in [0.2, 0.25) is 0 Å². The van der Waals surface area contributed by atoms with Crippen LogP contribution in [0.4, 0.5) is 0 Å². The molecular weight excluding hydrogens is 799 g/mol. The zero-order chi connectivity index (χ0) is 44.1. The second-order valence-electron chi connectivity index (χ2n) is 16.7. The summed E-state index contributed by atoms with van der Waals surface area (Å²) in [5.41, 5.74) is 19.5. The summed E-state index contributed by atoms with van der Waals surface area (Å²) in [5, 5.41) is 7.87. The topological polar surface area (TPSA) is 36.4 Å². The molecule has 2 aliphatic rings. The Hall–Kier alpha value is -8.53. The average Bonchev–Trinajstić information content (AvgIpc) is 3.41. The first-order valence-electron chi connectivity index (χ1n) is 22.7. The van der Waals surface area contributed by atoms with Gasteiger partial charge in [-0.25, -0.2) is 4.99 Å². The van der Waals surface area contributed by atoms with Crippen molar-refractivity contribution in [3.05, 3.63) is 305 Å². The molecule has 0 saturated heterocycles. The van der Waals surface area contributed by atoms with Gasteiger partial charge in [-0.1, -0.05) is 255 Å². The summed E-state index contributed by atoms with van der Waals surface area (Å²) in [4.78, 5) is 5.32. The highest BCUT2D eigenvalue weighted by molar-refractivity contribution is 6.24. The number of hydrogen-bond acceptors (Lipinski definition) is 3. The lowest BCUT2D eigenvalue weighted by Gasteiger charge is -2.36. The van der Waals surface area contributed by atoms with E-state index >= 15 is 0 Å². The molecule has 3 heteroatoms. The van der Waals surface area contributed by atoms with Gasteiger partial charge in [0.1, 0.15) is 5.84 Å². The van der Waals surface area contributed by atoms with Gasteiger partial charge in [0.05, 0.1) is 23.5 Å². The standard InChI is InChI=1S/C63H47N3/c1-7-21-46(22-8-1)54-33-19-20-34-55(54)63-64-56(47-23-9-2-10-24-47)43-57(65-63)48-39-35-44(36-40-48)45-37-41-51(42-38-45)58-59(49-25-11-3-12-26-49)61(52-29-15-5-16-30-52)66-62(53-31-17-6-18-32-53)60(58)50-27-13-4-14-28-50/h1-43,56,61,66H,(H,64,65). The molecule has 0 bridgehead atoms. The normalized spacial score (nSPS) is 15.9. The number of hydrogen-bond donors (Lipinski definition) is 2. The fourth-order valence-corrected chi connectivity index (χ4v) is 9.44. The number of nitrogens with one attached hydrogen (secondary N) is 2. The van der Waals surface area contributed by atoms with Gasteiger partial charge in [-0.3, -0.25) is 0 Å². The van der Waals surface area contributed by atoms with E-state index < -0.39 is 0 Å². The molecule has 0 aliphatic carbocycles. The lowest BCUT2D eigenvalue weighted by atomic mass is 9.77. The van der Waals surface area contributed by atoms with Gasteiger partial charge in [0.2, 0.25) is 0 Å². The van der Waals surface area contributed by atoms with Gasteiger partial charge in [-0.2, -0.15) is 0 Å². The first-order chi connectivity index (χ1) is 32.7. The fraction of sp³-hybridized carbons (Fsp3) is 0.0317. The molecule has 0 saturated carbocycles. The molecule has 314 valence electrons. The summed E-state index contributed by atoms with van der Waals surface area (Å²) in [5.74, 6) is 0.858. The van der Waals surface area contributed by atoms with Gasteiger partial charge in [0, 0.05) is 11.1 Å². The summed E-state index contributed by atoms with van der Waals surface area (Å²) in [6.07, 6.45) is 2.25. The van der Waals surface area contributed by atoms with E-state index in [9.17, 15) is 0 Å². The Balaban J connectivity index is 1.00. The van der Waals surface area contributed by atoms with Crippen molar-refractivity contribution in [1.29, 1.82) is 0 Å². The Kier molecular flexibility index (Phi) is 11.2. The summed E-state index contributed by atoms with van der Waals surface area (Å²) >= 11 is 0. The van der Waals surface area contributed by atoms with Crippen molar-refractivity contribution >= 4 is 33.9 Å². The Morgan fingerprint density at radius 2 is 0.727 bits per heavy atom. The molecule has 9 aromatic rings. The second kappa shape index (κ2) is 18.3. The van der Waals surface area contributed by atoms with Crippen LogP contribution in [0.15, 0.2) is 266 Å². The number of amidine groups is 1. The molecular formula is C63H47N3. The van der Waals surface area contributed by atoms with Crippen LogP contribution in [0, 0.1) is 0 Å². The van der Waals surface area contributed by atoms with E-state index in [1.54, 1.807) is 0 Å². The minimum absolute atomic E-state index is 0.0476. The van der Waals surface area contributed by atoms with Gasteiger partial charge < -0.3 is 10.6 Å². The van der Waals surface area contributed by atoms with Crippen LogP contribution >= 0.6 is 0 Å². The van der Waals surface area contributed by atoms with Gasteiger partial charge in [0.25, 0.3) is 0 Å².